The number of thioether (sulfide) groups is 1. The normalized spacial score (nSPS) is 10.9. The third kappa shape index (κ3) is 5.21. The van der Waals surface area contributed by atoms with Crippen molar-refractivity contribution in [2.75, 3.05) is 5.75 Å². The second kappa shape index (κ2) is 9.20. The van der Waals surface area contributed by atoms with E-state index < -0.39 is 4.92 Å². The first-order chi connectivity index (χ1) is 13.5. The molecule has 28 heavy (non-hydrogen) atoms. The van der Waals surface area contributed by atoms with E-state index in [0.717, 1.165) is 16.3 Å². The molecule has 0 atom stereocenters. The van der Waals surface area contributed by atoms with Crippen molar-refractivity contribution >= 4 is 41.2 Å². The fourth-order valence-corrected chi connectivity index (χ4v) is 3.17. The molecule has 9 heteroatoms. The zero-order chi connectivity index (χ0) is 19.9. The summed E-state index contributed by atoms with van der Waals surface area (Å²) in [5.74, 6) is -0.128. The summed E-state index contributed by atoms with van der Waals surface area (Å²) in [6.45, 7) is 0. The largest absolute Gasteiger partial charge is 0.316 e. The standard InChI is InChI=1S/C19H15ClN4O3S/c20-14-3-5-15(6-4-14)23-11-1-2-17(23)12-21-22-19(25)13-28-18-9-7-16(8-10-18)24(26)27/h1-12H,13H2,(H,22,25)/b21-12-. The van der Waals surface area contributed by atoms with Crippen LogP contribution in [0.2, 0.25) is 5.02 Å². The molecule has 0 spiro atoms. The minimum Gasteiger partial charge on any atom is -0.316 e. The van der Waals surface area contributed by atoms with Gasteiger partial charge in [0.25, 0.3) is 5.69 Å². The Morgan fingerprint density at radius 1 is 1.18 bits per heavy atom. The van der Waals surface area contributed by atoms with Gasteiger partial charge in [0.1, 0.15) is 0 Å². The second-order valence-electron chi connectivity index (χ2n) is 5.61. The van der Waals surface area contributed by atoms with Gasteiger partial charge in [-0.3, -0.25) is 14.9 Å². The van der Waals surface area contributed by atoms with Gasteiger partial charge in [-0.05, 0) is 48.5 Å². The molecule has 0 saturated carbocycles. The van der Waals surface area contributed by atoms with E-state index in [2.05, 4.69) is 10.5 Å². The molecule has 142 valence electrons. The number of hydrazone groups is 1. The van der Waals surface area contributed by atoms with Crippen LogP contribution in [0.1, 0.15) is 5.69 Å². The smallest absolute Gasteiger partial charge is 0.269 e. The molecule has 0 aliphatic rings. The van der Waals surface area contributed by atoms with Gasteiger partial charge in [-0.25, -0.2) is 5.43 Å². The van der Waals surface area contributed by atoms with Gasteiger partial charge < -0.3 is 4.57 Å². The van der Waals surface area contributed by atoms with Crippen LogP contribution in [-0.4, -0.2) is 27.4 Å². The fraction of sp³-hybridized carbons (Fsp3) is 0.0526. The molecule has 0 radical (unpaired) electrons. The first kappa shape index (κ1) is 19.7. The Morgan fingerprint density at radius 3 is 2.57 bits per heavy atom. The summed E-state index contributed by atoms with van der Waals surface area (Å²) < 4.78 is 1.91. The van der Waals surface area contributed by atoms with Crippen molar-refractivity contribution in [2.24, 2.45) is 5.10 Å². The highest BCUT2D eigenvalue weighted by molar-refractivity contribution is 8.00. The van der Waals surface area contributed by atoms with Crippen molar-refractivity contribution in [2.45, 2.75) is 4.90 Å². The lowest BCUT2D eigenvalue weighted by Gasteiger charge is -2.06. The number of carbonyl (C=O) groups is 1. The Bertz CT molecular complexity index is 1000. The van der Waals surface area contributed by atoms with Gasteiger partial charge in [0, 0.05) is 33.9 Å². The van der Waals surface area contributed by atoms with E-state index >= 15 is 0 Å². The molecule has 0 saturated heterocycles. The quantitative estimate of drug-likeness (QED) is 0.270. The van der Waals surface area contributed by atoms with Gasteiger partial charge in [-0.1, -0.05) is 11.6 Å². The number of aromatic nitrogens is 1. The van der Waals surface area contributed by atoms with Crippen molar-refractivity contribution in [3.05, 3.63) is 87.7 Å². The summed E-state index contributed by atoms with van der Waals surface area (Å²) in [5.41, 5.74) is 4.22. The van der Waals surface area contributed by atoms with Crippen molar-refractivity contribution < 1.29 is 9.72 Å². The van der Waals surface area contributed by atoms with Crippen molar-refractivity contribution in [3.8, 4) is 5.69 Å². The predicted molar refractivity (Wildman–Crippen MR) is 110 cm³/mol. The molecule has 7 nitrogen and oxygen atoms in total. The molecule has 0 bridgehead atoms. The highest BCUT2D eigenvalue weighted by Crippen LogP contribution is 2.21. The van der Waals surface area contributed by atoms with Crippen LogP contribution < -0.4 is 5.43 Å². The van der Waals surface area contributed by atoms with E-state index in [4.69, 9.17) is 11.6 Å². The van der Waals surface area contributed by atoms with Crippen LogP contribution in [-0.2, 0) is 4.79 Å². The average molecular weight is 415 g/mol. The number of nitro benzene ring substituents is 1. The summed E-state index contributed by atoms with van der Waals surface area (Å²) >= 11 is 7.18. The number of benzene rings is 2. The average Bonchev–Trinajstić information content (AvgIpc) is 3.16. The van der Waals surface area contributed by atoms with Crippen molar-refractivity contribution in [1.82, 2.24) is 9.99 Å². The van der Waals surface area contributed by atoms with E-state index in [1.165, 1.54) is 23.9 Å². The summed E-state index contributed by atoms with van der Waals surface area (Å²) in [6, 6.07) is 17.2. The van der Waals surface area contributed by atoms with E-state index in [9.17, 15) is 14.9 Å². The molecule has 0 fully saturated rings. The van der Waals surface area contributed by atoms with E-state index in [-0.39, 0.29) is 17.3 Å². The highest BCUT2D eigenvalue weighted by Gasteiger charge is 2.06. The summed E-state index contributed by atoms with van der Waals surface area (Å²) in [6.07, 6.45) is 3.44. The maximum absolute atomic E-state index is 11.9. The number of hydrogen-bond donors (Lipinski definition) is 1. The lowest BCUT2D eigenvalue weighted by molar-refractivity contribution is -0.384. The SMILES string of the molecule is O=C(CSc1ccc([N+](=O)[O-])cc1)N/N=C\c1cccn1-c1ccc(Cl)cc1. The van der Waals surface area contributed by atoms with Gasteiger partial charge in [-0.2, -0.15) is 5.10 Å². The maximum atomic E-state index is 11.9. The van der Waals surface area contributed by atoms with Gasteiger partial charge in [0.2, 0.25) is 5.91 Å². The number of amides is 1. The second-order valence-corrected chi connectivity index (χ2v) is 7.10. The van der Waals surface area contributed by atoms with Crippen molar-refractivity contribution in [3.63, 3.8) is 0 Å². The third-order valence-electron chi connectivity index (χ3n) is 3.69. The number of rotatable bonds is 7. The molecule has 0 aliphatic heterocycles. The Balaban J connectivity index is 1.53. The van der Waals surface area contributed by atoms with Crippen LogP contribution in [0, 0.1) is 10.1 Å². The number of hydrogen-bond acceptors (Lipinski definition) is 5. The first-order valence-corrected chi connectivity index (χ1v) is 9.52. The molecule has 3 aromatic rings. The van der Waals surface area contributed by atoms with E-state index in [0.29, 0.717) is 5.02 Å². The minimum absolute atomic E-state index is 0.0158. The first-order valence-electron chi connectivity index (χ1n) is 8.15. The van der Waals surface area contributed by atoms with Gasteiger partial charge >= 0.3 is 0 Å². The Labute approximate surface area is 170 Å². The number of non-ortho nitro benzene ring substituents is 1. The number of carbonyl (C=O) groups excluding carboxylic acids is 1. The third-order valence-corrected chi connectivity index (χ3v) is 4.95. The van der Waals surface area contributed by atoms with Crippen LogP contribution in [0.3, 0.4) is 0 Å². The van der Waals surface area contributed by atoms with Gasteiger partial charge in [-0.15, -0.1) is 11.8 Å². The maximum Gasteiger partial charge on any atom is 0.269 e. The Kier molecular flexibility index (Phi) is 6.46. The lowest BCUT2D eigenvalue weighted by Crippen LogP contribution is -2.19. The van der Waals surface area contributed by atoms with E-state index in [1.807, 2.05) is 35.0 Å². The minimum atomic E-state index is -0.463. The molecule has 1 N–H and O–H groups in total. The molecule has 3 rings (SSSR count). The molecule has 1 heterocycles. The molecule has 0 aliphatic carbocycles. The predicted octanol–water partition coefficient (Wildman–Crippen LogP) is 4.28. The molecular weight excluding hydrogens is 400 g/mol. The zero-order valence-electron chi connectivity index (χ0n) is 14.5. The van der Waals surface area contributed by atoms with Crippen LogP contribution in [0.25, 0.3) is 5.69 Å². The van der Waals surface area contributed by atoms with E-state index in [1.54, 1.807) is 30.5 Å². The van der Waals surface area contributed by atoms with Crippen LogP contribution in [0.5, 0.6) is 0 Å². The molecule has 2 aromatic carbocycles. The topological polar surface area (TPSA) is 89.5 Å². The highest BCUT2D eigenvalue weighted by atomic mass is 35.5. The molecule has 0 unspecified atom stereocenters. The fourth-order valence-electron chi connectivity index (χ4n) is 2.35. The van der Waals surface area contributed by atoms with Crippen LogP contribution in [0.15, 0.2) is 76.9 Å². The Hall–Kier alpha value is -3.10. The zero-order valence-corrected chi connectivity index (χ0v) is 16.1. The molecule has 1 aromatic heterocycles. The number of nitro groups is 1. The lowest BCUT2D eigenvalue weighted by atomic mass is 10.3. The van der Waals surface area contributed by atoms with Gasteiger partial charge in [0.15, 0.2) is 0 Å². The number of nitrogens with zero attached hydrogens (tertiary/aromatic N) is 3. The Morgan fingerprint density at radius 2 is 1.89 bits per heavy atom. The van der Waals surface area contributed by atoms with Gasteiger partial charge in [0.05, 0.1) is 22.6 Å². The van der Waals surface area contributed by atoms with Crippen LogP contribution in [0.4, 0.5) is 5.69 Å². The molecular formula is C19H15ClN4O3S. The number of halogens is 1. The monoisotopic (exact) mass is 414 g/mol. The summed E-state index contributed by atoms with van der Waals surface area (Å²) in [7, 11) is 0. The summed E-state index contributed by atoms with van der Waals surface area (Å²) in [5, 5.41) is 15.3. The summed E-state index contributed by atoms with van der Waals surface area (Å²) in [4.78, 5) is 22.9. The molecule has 1 amide bonds. The number of nitrogens with one attached hydrogen (secondary N) is 1. The van der Waals surface area contributed by atoms with Crippen molar-refractivity contribution in [1.29, 1.82) is 0 Å². The van der Waals surface area contributed by atoms with Crippen LogP contribution >= 0.6 is 23.4 Å².